The van der Waals surface area contributed by atoms with Gasteiger partial charge in [0, 0.05) is 11.6 Å². The molecule has 5 nitrogen and oxygen atoms in total. The molecule has 5 rings (SSSR count). The molecular weight excluding hydrogens is 348 g/mol. The Bertz CT molecular complexity index is 1280. The third-order valence-corrected chi connectivity index (χ3v) is 4.88. The summed E-state index contributed by atoms with van der Waals surface area (Å²) in [6, 6.07) is 15.6. The van der Waals surface area contributed by atoms with Crippen LogP contribution in [0.4, 0.5) is 0 Å². The Morgan fingerprint density at radius 3 is 2.62 bits per heavy atom. The van der Waals surface area contributed by atoms with Crippen LogP contribution < -0.4 is 4.74 Å². The Morgan fingerprint density at radius 2 is 1.81 bits per heavy atom. The Labute approximate surface area is 153 Å². The van der Waals surface area contributed by atoms with E-state index in [1.807, 2.05) is 48.5 Å². The molecule has 0 aliphatic carbocycles. The van der Waals surface area contributed by atoms with Crippen LogP contribution in [0.5, 0.6) is 5.75 Å². The van der Waals surface area contributed by atoms with Crippen LogP contribution in [0.15, 0.2) is 60.9 Å². The smallest absolute Gasteiger partial charge is 0.165 e. The number of rotatable bonds is 2. The predicted molar refractivity (Wildman–Crippen MR) is 103 cm³/mol. The zero-order chi connectivity index (χ0) is 17.7. The molecule has 126 valence electrons. The predicted octanol–water partition coefficient (Wildman–Crippen LogP) is 4.78. The summed E-state index contributed by atoms with van der Waals surface area (Å²) < 4.78 is 7.25. The second-order valence-corrected chi connectivity index (χ2v) is 6.31. The van der Waals surface area contributed by atoms with Crippen LogP contribution in [0, 0.1) is 0 Å². The maximum atomic E-state index is 6.70. The lowest BCUT2D eigenvalue weighted by Crippen LogP contribution is -1.97. The number of aromatic nitrogens is 4. The summed E-state index contributed by atoms with van der Waals surface area (Å²) in [6.07, 6.45) is 3.53. The van der Waals surface area contributed by atoms with Crippen molar-refractivity contribution in [1.29, 1.82) is 0 Å². The highest BCUT2D eigenvalue weighted by Crippen LogP contribution is 2.37. The van der Waals surface area contributed by atoms with Gasteiger partial charge in [-0.25, -0.2) is 14.6 Å². The topological polar surface area (TPSA) is 52.8 Å². The summed E-state index contributed by atoms with van der Waals surface area (Å²) in [5, 5.41) is 7.53. The van der Waals surface area contributed by atoms with Crippen LogP contribution >= 0.6 is 11.6 Å². The first-order chi connectivity index (χ1) is 12.8. The summed E-state index contributed by atoms with van der Waals surface area (Å²) in [4.78, 5) is 9.43. The van der Waals surface area contributed by atoms with E-state index in [9.17, 15) is 0 Å². The highest BCUT2D eigenvalue weighted by molar-refractivity contribution is 6.41. The Kier molecular flexibility index (Phi) is 3.30. The van der Waals surface area contributed by atoms with Crippen LogP contribution in [0.25, 0.3) is 38.5 Å². The van der Waals surface area contributed by atoms with Gasteiger partial charge in [-0.2, -0.15) is 5.10 Å². The van der Waals surface area contributed by atoms with E-state index in [4.69, 9.17) is 21.3 Å². The molecule has 0 N–H and O–H groups in total. The van der Waals surface area contributed by atoms with Gasteiger partial charge in [0.1, 0.15) is 5.75 Å². The lowest BCUT2D eigenvalue weighted by Gasteiger charge is -2.10. The monoisotopic (exact) mass is 360 g/mol. The lowest BCUT2D eigenvalue weighted by molar-refractivity contribution is 0.420. The minimum Gasteiger partial charge on any atom is -0.496 e. The van der Waals surface area contributed by atoms with E-state index in [0.29, 0.717) is 10.8 Å². The molecule has 0 bridgehead atoms. The van der Waals surface area contributed by atoms with Crippen LogP contribution in [0.2, 0.25) is 5.02 Å². The fraction of sp³-hybridized carbons (Fsp3) is 0.0500. The molecule has 6 heteroatoms. The van der Waals surface area contributed by atoms with Gasteiger partial charge in [-0.05, 0) is 24.3 Å². The van der Waals surface area contributed by atoms with Crippen molar-refractivity contribution in [2.45, 2.75) is 0 Å². The van der Waals surface area contributed by atoms with Crippen molar-refractivity contribution in [2.24, 2.45) is 0 Å². The van der Waals surface area contributed by atoms with Gasteiger partial charge in [0.2, 0.25) is 0 Å². The van der Waals surface area contributed by atoms with Crippen LogP contribution in [0.1, 0.15) is 0 Å². The molecule has 0 aliphatic heterocycles. The molecule has 0 radical (unpaired) electrons. The van der Waals surface area contributed by atoms with Gasteiger partial charge < -0.3 is 4.74 Å². The Hall–Kier alpha value is -3.18. The molecule has 0 spiro atoms. The zero-order valence-corrected chi connectivity index (χ0v) is 14.6. The molecule has 0 unspecified atom stereocenters. The molecule has 0 aliphatic rings. The molecule has 3 aromatic heterocycles. The quantitative estimate of drug-likeness (QED) is 0.425. The highest BCUT2D eigenvalue weighted by atomic mass is 35.5. The number of fused-ring (bicyclic) bond motifs is 4. The number of hydrogen-bond acceptors (Lipinski definition) is 4. The van der Waals surface area contributed by atoms with Gasteiger partial charge in [0.05, 0.1) is 45.8 Å². The van der Waals surface area contributed by atoms with Gasteiger partial charge in [-0.15, -0.1) is 0 Å². The van der Waals surface area contributed by atoms with E-state index in [1.54, 1.807) is 24.2 Å². The van der Waals surface area contributed by atoms with Gasteiger partial charge in [0.15, 0.2) is 5.65 Å². The van der Waals surface area contributed by atoms with Crippen molar-refractivity contribution in [3.8, 4) is 11.4 Å². The summed E-state index contributed by atoms with van der Waals surface area (Å²) in [7, 11) is 1.63. The Balaban J connectivity index is 1.88. The summed E-state index contributed by atoms with van der Waals surface area (Å²) in [5.41, 5.74) is 3.25. The SMILES string of the molecule is COc1cccc2nc3c(cnc4c3cnn4-c3ccccc3)c(Cl)c12. The standard InChI is InChI=1S/C20H13ClN4O/c1-26-16-9-5-8-15-17(16)18(21)13-10-22-20-14(19(13)24-15)11-23-25(20)12-6-3-2-4-7-12/h2-11H,1H3. The zero-order valence-electron chi connectivity index (χ0n) is 13.8. The van der Waals surface area contributed by atoms with Gasteiger partial charge >= 0.3 is 0 Å². The number of nitrogens with zero attached hydrogens (tertiary/aromatic N) is 4. The molecule has 0 saturated heterocycles. The summed E-state index contributed by atoms with van der Waals surface area (Å²) in [5.74, 6) is 0.696. The first-order valence-electron chi connectivity index (χ1n) is 8.12. The first kappa shape index (κ1) is 15.1. The lowest BCUT2D eigenvalue weighted by atomic mass is 10.1. The molecule has 0 saturated carbocycles. The van der Waals surface area contributed by atoms with Gasteiger partial charge in [-0.3, -0.25) is 0 Å². The fourth-order valence-electron chi connectivity index (χ4n) is 3.26. The minimum atomic E-state index is 0.587. The Morgan fingerprint density at radius 1 is 0.962 bits per heavy atom. The maximum absolute atomic E-state index is 6.70. The largest absolute Gasteiger partial charge is 0.496 e. The molecule has 0 fully saturated rings. The van der Waals surface area contributed by atoms with Crippen LogP contribution in [-0.2, 0) is 0 Å². The van der Waals surface area contributed by atoms with E-state index in [1.165, 1.54) is 0 Å². The van der Waals surface area contributed by atoms with E-state index in [-0.39, 0.29) is 0 Å². The number of para-hydroxylation sites is 1. The molecule has 5 aromatic rings. The van der Waals surface area contributed by atoms with E-state index in [0.717, 1.165) is 38.5 Å². The molecule has 3 heterocycles. The first-order valence-corrected chi connectivity index (χ1v) is 8.50. The van der Waals surface area contributed by atoms with Crippen molar-refractivity contribution < 1.29 is 4.74 Å². The fourth-order valence-corrected chi connectivity index (χ4v) is 3.59. The summed E-state index contributed by atoms with van der Waals surface area (Å²) >= 11 is 6.70. The molecular formula is C20H13ClN4O. The third-order valence-electron chi connectivity index (χ3n) is 4.48. The average Bonchev–Trinajstić information content (AvgIpc) is 3.13. The molecule has 2 aromatic carbocycles. The molecule has 0 atom stereocenters. The van der Waals surface area contributed by atoms with Crippen molar-refractivity contribution in [2.75, 3.05) is 7.11 Å². The van der Waals surface area contributed by atoms with Gasteiger partial charge in [0.25, 0.3) is 0 Å². The highest BCUT2D eigenvalue weighted by Gasteiger charge is 2.16. The van der Waals surface area contributed by atoms with Crippen LogP contribution in [0.3, 0.4) is 0 Å². The number of pyridine rings is 2. The van der Waals surface area contributed by atoms with Crippen molar-refractivity contribution >= 4 is 44.4 Å². The third kappa shape index (κ3) is 2.07. The second kappa shape index (κ2) is 5.68. The van der Waals surface area contributed by atoms with E-state index in [2.05, 4.69) is 10.1 Å². The normalized spacial score (nSPS) is 11.5. The van der Waals surface area contributed by atoms with Gasteiger partial charge in [-0.1, -0.05) is 35.9 Å². The van der Waals surface area contributed by atoms with Crippen molar-refractivity contribution in [3.05, 3.63) is 65.9 Å². The van der Waals surface area contributed by atoms with E-state index >= 15 is 0 Å². The number of methoxy groups -OCH3 is 1. The summed E-state index contributed by atoms with van der Waals surface area (Å²) in [6.45, 7) is 0. The number of benzene rings is 2. The van der Waals surface area contributed by atoms with Crippen molar-refractivity contribution in [1.82, 2.24) is 19.7 Å². The average molecular weight is 361 g/mol. The second-order valence-electron chi connectivity index (χ2n) is 5.93. The molecule has 26 heavy (non-hydrogen) atoms. The van der Waals surface area contributed by atoms with Crippen molar-refractivity contribution in [3.63, 3.8) is 0 Å². The number of hydrogen-bond donors (Lipinski definition) is 0. The maximum Gasteiger partial charge on any atom is 0.165 e. The number of ether oxygens (including phenoxy) is 1. The number of halogens is 1. The molecule has 0 amide bonds. The minimum absolute atomic E-state index is 0.587. The van der Waals surface area contributed by atoms with E-state index < -0.39 is 0 Å². The van der Waals surface area contributed by atoms with Crippen LogP contribution in [-0.4, -0.2) is 26.9 Å².